The van der Waals surface area contributed by atoms with Crippen LogP contribution in [0.4, 0.5) is 0 Å². The van der Waals surface area contributed by atoms with Gasteiger partial charge in [0.15, 0.2) is 28.8 Å². The van der Waals surface area contributed by atoms with Crippen molar-refractivity contribution in [1.29, 1.82) is 0 Å². The van der Waals surface area contributed by atoms with Crippen LogP contribution in [-0.2, 0) is 9.53 Å². The molecule has 2 aromatic carbocycles. The Labute approximate surface area is 223 Å². The number of ketones is 1. The van der Waals surface area contributed by atoms with E-state index in [1.165, 1.54) is 30.9 Å². The molecule has 1 fully saturated rings. The highest BCUT2D eigenvalue weighted by Gasteiger charge is 2.68. The summed E-state index contributed by atoms with van der Waals surface area (Å²) in [5, 5.41) is 19.9. The number of hydrogen-bond acceptors (Lipinski definition) is 7. The summed E-state index contributed by atoms with van der Waals surface area (Å²) in [6.07, 6.45) is 11.0. The summed E-state index contributed by atoms with van der Waals surface area (Å²) < 4.78 is 23.1. The molecule has 38 heavy (non-hydrogen) atoms. The van der Waals surface area contributed by atoms with Crippen molar-refractivity contribution >= 4 is 17.9 Å². The van der Waals surface area contributed by atoms with Crippen LogP contribution in [0.5, 0.6) is 23.0 Å². The number of carbonyl (C=O) groups is 1. The molecule has 1 heterocycles. The van der Waals surface area contributed by atoms with Crippen molar-refractivity contribution < 1.29 is 34.0 Å². The molecule has 1 spiro atoms. The van der Waals surface area contributed by atoms with E-state index in [0.29, 0.717) is 22.8 Å². The van der Waals surface area contributed by atoms with Crippen LogP contribution in [0.15, 0.2) is 72.0 Å². The molecule has 0 amide bonds. The largest absolute Gasteiger partial charge is 0.508 e. The maximum Gasteiger partial charge on any atom is 0.182 e. The van der Waals surface area contributed by atoms with Gasteiger partial charge in [-0.1, -0.05) is 29.9 Å². The third-order valence-electron chi connectivity index (χ3n) is 7.02. The molecule has 0 saturated carbocycles. The molecule has 7 heteroatoms. The van der Waals surface area contributed by atoms with Crippen LogP contribution in [0.3, 0.4) is 0 Å². The Bertz CT molecular complexity index is 1330. The van der Waals surface area contributed by atoms with Gasteiger partial charge in [-0.15, -0.1) is 0 Å². The number of hydrogen-bond donors (Lipinski definition) is 2. The number of rotatable bonds is 9. The molecule has 200 valence electrons. The second-order valence-electron chi connectivity index (χ2n) is 10.0. The molecule has 2 N–H and O–H groups in total. The standard InChI is InChI=1S/C31H34O7/c1-20-14-15-31(30(2,3)38-31)29(16-20)37-26-13-9-22(18-28(26)36-5)7-11-24(33)19-23(32)10-6-21-8-12-25(34)27(17-21)35-4/h6-13,16-19,29,33-34H,14-15H2,1-5H3/b10-6+,11-7+,24-19-. The van der Waals surface area contributed by atoms with Crippen molar-refractivity contribution in [3.05, 3.63) is 83.2 Å². The monoisotopic (exact) mass is 518 g/mol. The molecular formula is C31H34O7. The second kappa shape index (κ2) is 10.8. The number of aliphatic hydroxyl groups is 1. The Hall–Kier alpha value is -3.97. The molecule has 1 saturated heterocycles. The Balaban J connectivity index is 1.43. The first-order valence-corrected chi connectivity index (χ1v) is 12.5. The predicted octanol–water partition coefficient (Wildman–Crippen LogP) is 6.18. The number of benzene rings is 2. The molecule has 2 aliphatic rings. The Morgan fingerprint density at radius 1 is 1.00 bits per heavy atom. The van der Waals surface area contributed by atoms with Crippen LogP contribution in [0.25, 0.3) is 12.2 Å². The van der Waals surface area contributed by atoms with Crippen molar-refractivity contribution in [2.24, 2.45) is 0 Å². The molecule has 0 bridgehead atoms. The van der Waals surface area contributed by atoms with Crippen molar-refractivity contribution in [3.63, 3.8) is 0 Å². The third kappa shape index (κ3) is 5.78. The third-order valence-corrected chi connectivity index (χ3v) is 7.02. The fourth-order valence-electron chi connectivity index (χ4n) is 4.74. The quantitative estimate of drug-likeness (QED) is 0.134. The SMILES string of the molecule is COc1cc(/C=C/C(=O)/C=C(O)/C=C/c2ccc(OC3C=C(C)CCC34OC4(C)C)c(OC)c2)ccc1O. The molecule has 2 aromatic rings. The fourth-order valence-corrected chi connectivity index (χ4v) is 4.74. The van der Waals surface area contributed by atoms with Crippen LogP contribution < -0.4 is 14.2 Å². The minimum absolute atomic E-state index is 0.0144. The topological polar surface area (TPSA) is 97.8 Å². The van der Waals surface area contributed by atoms with Crippen LogP contribution >= 0.6 is 0 Å². The molecule has 7 nitrogen and oxygen atoms in total. The maximum atomic E-state index is 12.2. The number of epoxide rings is 1. The van der Waals surface area contributed by atoms with E-state index in [1.807, 2.05) is 18.2 Å². The van der Waals surface area contributed by atoms with Crippen molar-refractivity contribution in [1.82, 2.24) is 0 Å². The summed E-state index contributed by atoms with van der Waals surface area (Å²) in [6, 6.07) is 10.2. The first-order chi connectivity index (χ1) is 18.1. The number of allylic oxidation sites excluding steroid dienone is 4. The van der Waals surface area contributed by atoms with Gasteiger partial charge in [-0.2, -0.15) is 0 Å². The van der Waals surface area contributed by atoms with Gasteiger partial charge in [0, 0.05) is 6.08 Å². The maximum absolute atomic E-state index is 12.2. The van der Waals surface area contributed by atoms with E-state index in [1.54, 1.807) is 31.4 Å². The van der Waals surface area contributed by atoms with Crippen LogP contribution in [0.1, 0.15) is 44.7 Å². The molecule has 0 radical (unpaired) electrons. The number of carbonyl (C=O) groups excluding carboxylic acids is 1. The van der Waals surface area contributed by atoms with Gasteiger partial charge in [0.05, 0.1) is 19.8 Å². The summed E-state index contributed by atoms with van der Waals surface area (Å²) in [4.78, 5) is 12.2. The van der Waals surface area contributed by atoms with Gasteiger partial charge >= 0.3 is 0 Å². The highest BCUT2D eigenvalue weighted by molar-refractivity contribution is 6.02. The number of ether oxygens (including phenoxy) is 4. The molecule has 2 atom stereocenters. The molecule has 1 aliphatic carbocycles. The van der Waals surface area contributed by atoms with Crippen molar-refractivity contribution in [3.8, 4) is 23.0 Å². The van der Waals surface area contributed by atoms with Crippen LogP contribution in [-0.4, -0.2) is 47.5 Å². The predicted molar refractivity (Wildman–Crippen MR) is 147 cm³/mol. The summed E-state index contributed by atoms with van der Waals surface area (Å²) >= 11 is 0. The lowest BCUT2D eigenvalue weighted by Gasteiger charge is -2.30. The van der Waals surface area contributed by atoms with E-state index < -0.39 is 5.78 Å². The number of phenols is 1. The lowest BCUT2D eigenvalue weighted by Crippen LogP contribution is -2.40. The highest BCUT2D eigenvalue weighted by Crippen LogP contribution is 2.56. The number of methoxy groups -OCH3 is 2. The van der Waals surface area contributed by atoms with Gasteiger partial charge in [0.1, 0.15) is 17.5 Å². The summed E-state index contributed by atoms with van der Waals surface area (Å²) in [5.74, 6) is 0.903. The Kier molecular flexibility index (Phi) is 7.69. The summed E-state index contributed by atoms with van der Waals surface area (Å²) in [5.41, 5.74) is 2.15. The zero-order chi connectivity index (χ0) is 27.5. The van der Waals surface area contributed by atoms with Gasteiger partial charge in [0.2, 0.25) is 0 Å². The zero-order valence-corrected chi connectivity index (χ0v) is 22.4. The molecule has 4 rings (SSSR count). The normalized spacial score (nSPS) is 22.5. The number of aliphatic hydroxyl groups excluding tert-OH is 1. The average molecular weight is 519 g/mol. The Morgan fingerprint density at radius 3 is 2.29 bits per heavy atom. The van der Waals surface area contributed by atoms with Crippen molar-refractivity contribution in [2.75, 3.05) is 14.2 Å². The van der Waals surface area contributed by atoms with Gasteiger partial charge < -0.3 is 29.2 Å². The van der Waals surface area contributed by atoms with Gasteiger partial charge in [-0.25, -0.2) is 0 Å². The van der Waals surface area contributed by atoms with Gasteiger partial charge in [0.25, 0.3) is 0 Å². The minimum Gasteiger partial charge on any atom is -0.508 e. The van der Waals surface area contributed by atoms with Gasteiger partial charge in [-0.05, 0) is 87.2 Å². The first-order valence-electron chi connectivity index (χ1n) is 12.5. The minimum atomic E-state index is -0.393. The second-order valence-corrected chi connectivity index (χ2v) is 10.0. The fraction of sp³-hybridized carbons (Fsp3) is 0.323. The van der Waals surface area contributed by atoms with E-state index in [0.717, 1.165) is 24.5 Å². The molecular weight excluding hydrogens is 484 g/mol. The zero-order valence-electron chi connectivity index (χ0n) is 22.4. The van der Waals surface area contributed by atoms with E-state index in [2.05, 4.69) is 26.8 Å². The highest BCUT2D eigenvalue weighted by atomic mass is 16.7. The van der Waals surface area contributed by atoms with Crippen molar-refractivity contribution in [2.45, 2.75) is 50.9 Å². The average Bonchev–Trinajstić information content (AvgIpc) is 3.45. The smallest absolute Gasteiger partial charge is 0.182 e. The van der Waals surface area contributed by atoms with E-state index >= 15 is 0 Å². The summed E-state index contributed by atoms with van der Waals surface area (Å²) in [7, 11) is 3.03. The van der Waals surface area contributed by atoms with Gasteiger partial charge in [-0.3, -0.25) is 4.79 Å². The lowest BCUT2D eigenvalue weighted by molar-refractivity contribution is -0.110. The number of phenolic OH excluding ortho intramolecular Hbond substituents is 1. The molecule has 1 aliphatic heterocycles. The van der Waals surface area contributed by atoms with Crippen LogP contribution in [0, 0.1) is 0 Å². The number of aromatic hydroxyl groups is 1. The molecule has 0 aromatic heterocycles. The van der Waals surface area contributed by atoms with E-state index in [-0.39, 0.29) is 28.8 Å². The van der Waals surface area contributed by atoms with E-state index in [9.17, 15) is 15.0 Å². The summed E-state index contributed by atoms with van der Waals surface area (Å²) in [6.45, 7) is 6.29. The van der Waals surface area contributed by atoms with E-state index in [4.69, 9.17) is 18.9 Å². The first kappa shape index (κ1) is 27.1. The lowest BCUT2D eigenvalue weighted by atomic mass is 9.80. The van der Waals surface area contributed by atoms with Crippen LogP contribution in [0.2, 0.25) is 0 Å². The molecule has 2 unspecified atom stereocenters. The Morgan fingerprint density at radius 2 is 1.63 bits per heavy atom.